The summed E-state index contributed by atoms with van der Waals surface area (Å²) in [5.41, 5.74) is 0. The molecular weight excluding hydrogens is 296 g/mol. The summed E-state index contributed by atoms with van der Waals surface area (Å²) in [7, 11) is 0. The van der Waals surface area contributed by atoms with Crippen molar-refractivity contribution in [3.63, 3.8) is 0 Å². The molecular formula is C2H3Br3S. The van der Waals surface area contributed by atoms with Crippen LogP contribution in [0, 0.1) is 0 Å². The topological polar surface area (TPSA) is 0 Å². The SMILES string of the molecule is SCC(Br)(Br)Br. The lowest BCUT2D eigenvalue weighted by molar-refractivity contribution is 1.45. The van der Waals surface area contributed by atoms with E-state index < -0.39 is 0 Å². The molecule has 0 fully saturated rings. The van der Waals surface area contributed by atoms with Crippen molar-refractivity contribution in [2.24, 2.45) is 0 Å². The van der Waals surface area contributed by atoms with Gasteiger partial charge in [0.1, 0.15) is 2.14 Å². The Morgan fingerprint density at radius 1 is 1.33 bits per heavy atom. The summed E-state index contributed by atoms with van der Waals surface area (Å²) in [4.78, 5) is 0. The van der Waals surface area contributed by atoms with E-state index in [0.717, 1.165) is 0 Å². The molecule has 4 heteroatoms. The van der Waals surface area contributed by atoms with Gasteiger partial charge in [0.15, 0.2) is 0 Å². The Hall–Kier alpha value is 1.79. The van der Waals surface area contributed by atoms with E-state index in [1.165, 1.54) is 0 Å². The summed E-state index contributed by atoms with van der Waals surface area (Å²) >= 11 is 13.7. The van der Waals surface area contributed by atoms with Gasteiger partial charge in [0, 0.05) is 5.75 Å². The van der Waals surface area contributed by atoms with Crippen LogP contribution in [0.3, 0.4) is 0 Å². The van der Waals surface area contributed by atoms with Crippen molar-refractivity contribution >= 4 is 60.4 Å². The van der Waals surface area contributed by atoms with Crippen molar-refractivity contribution in [3.8, 4) is 0 Å². The van der Waals surface area contributed by atoms with Crippen LogP contribution < -0.4 is 0 Å². The Morgan fingerprint density at radius 2 is 1.50 bits per heavy atom. The highest BCUT2D eigenvalue weighted by Crippen LogP contribution is 2.33. The number of hydrogen-bond acceptors (Lipinski definition) is 1. The van der Waals surface area contributed by atoms with Gasteiger partial charge >= 0.3 is 0 Å². The van der Waals surface area contributed by atoms with Crippen LogP contribution in [0.5, 0.6) is 0 Å². The smallest absolute Gasteiger partial charge is 0.143 e. The fourth-order valence-corrected chi connectivity index (χ4v) is 0. The van der Waals surface area contributed by atoms with Crippen LogP contribution in [0.2, 0.25) is 0 Å². The van der Waals surface area contributed by atoms with Crippen LogP contribution >= 0.6 is 60.4 Å². The summed E-state index contributed by atoms with van der Waals surface area (Å²) in [5.74, 6) is 0.715. The number of hydrogen-bond donors (Lipinski definition) is 1. The first-order chi connectivity index (χ1) is 2.56. The van der Waals surface area contributed by atoms with Gasteiger partial charge in [0.05, 0.1) is 0 Å². The van der Waals surface area contributed by atoms with Crippen molar-refractivity contribution < 1.29 is 0 Å². The molecule has 0 saturated carbocycles. The Morgan fingerprint density at radius 3 is 1.50 bits per heavy atom. The zero-order valence-electron chi connectivity index (χ0n) is 2.79. The Balaban J connectivity index is 3.17. The first-order valence-electron chi connectivity index (χ1n) is 1.24. The maximum absolute atomic E-state index is 3.96. The second kappa shape index (κ2) is 2.95. The summed E-state index contributed by atoms with van der Waals surface area (Å²) < 4.78 is -0.157. The van der Waals surface area contributed by atoms with Gasteiger partial charge in [-0.3, -0.25) is 0 Å². The quantitative estimate of drug-likeness (QED) is 0.516. The largest absolute Gasteiger partial charge is 0.176 e. The molecule has 0 aromatic heterocycles. The fraction of sp³-hybridized carbons (Fsp3) is 1.00. The molecule has 0 nitrogen and oxygen atoms in total. The lowest BCUT2D eigenvalue weighted by Gasteiger charge is -2.03. The molecule has 38 valence electrons. The van der Waals surface area contributed by atoms with Gasteiger partial charge in [-0.05, 0) is 0 Å². The van der Waals surface area contributed by atoms with E-state index in [1.807, 2.05) is 0 Å². The van der Waals surface area contributed by atoms with Gasteiger partial charge in [0.2, 0.25) is 0 Å². The molecule has 0 unspecified atom stereocenters. The van der Waals surface area contributed by atoms with E-state index in [0.29, 0.717) is 5.75 Å². The average Bonchev–Trinajstić information content (AvgIpc) is 1.35. The maximum Gasteiger partial charge on any atom is 0.143 e. The summed E-state index contributed by atoms with van der Waals surface area (Å²) in [6, 6.07) is 0. The predicted molar refractivity (Wildman–Crippen MR) is 43.4 cm³/mol. The highest BCUT2D eigenvalue weighted by atomic mass is 80.0. The van der Waals surface area contributed by atoms with E-state index in [4.69, 9.17) is 0 Å². The molecule has 0 aromatic rings. The molecule has 0 atom stereocenters. The molecule has 0 aliphatic carbocycles. The van der Waals surface area contributed by atoms with E-state index >= 15 is 0 Å². The second-order valence-corrected chi connectivity index (χ2v) is 8.34. The predicted octanol–water partition coefficient (Wildman–Crippen LogP) is 2.75. The molecule has 0 amide bonds. The molecule has 0 radical (unpaired) electrons. The molecule has 0 aliphatic heterocycles. The highest BCUT2D eigenvalue weighted by Gasteiger charge is 2.12. The van der Waals surface area contributed by atoms with E-state index in [-0.39, 0.29) is 2.14 Å². The van der Waals surface area contributed by atoms with Crippen LogP contribution in [0.15, 0.2) is 0 Å². The Kier molecular flexibility index (Phi) is 3.83. The third-order valence-corrected chi connectivity index (χ3v) is 2.79. The maximum atomic E-state index is 3.96. The normalized spacial score (nSPS) is 12.0. The number of thiol groups is 1. The molecule has 0 aromatic carbocycles. The zero-order chi connectivity index (χ0) is 5.21. The molecule has 0 N–H and O–H groups in total. The van der Waals surface area contributed by atoms with Gasteiger partial charge in [-0.2, -0.15) is 12.6 Å². The van der Waals surface area contributed by atoms with Crippen LogP contribution in [-0.2, 0) is 0 Å². The van der Waals surface area contributed by atoms with Crippen molar-refractivity contribution in [3.05, 3.63) is 0 Å². The van der Waals surface area contributed by atoms with Gasteiger partial charge in [-0.25, -0.2) is 0 Å². The first-order valence-corrected chi connectivity index (χ1v) is 4.25. The summed E-state index contributed by atoms with van der Waals surface area (Å²) in [6.07, 6.45) is 0. The van der Waals surface area contributed by atoms with Gasteiger partial charge in [0.25, 0.3) is 0 Å². The average molecular weight is 299 g/mol. The minimum Gasteiger partial charge on any atom is -0.176 e. The Bertz CT molecular complexity index is 38.5. The van der Waals surface area contributed by atoms with Gasteiger partial charge in [-0.1, -0.05) is 47.8 Å². The standard InChI is InChI=1S/C2H3Br3S/c3-2(4,5)1-6/h6H,1H2. The van der Waals surface area contributed by atoms with Crippen molar-refractivity contribution in [1.29, 1.82) is 0 Å². The fourth-order valence-electron chi connectivity index (χ4n) is 0. The molecule has 0 spiro atoms. The minimum atomic E-state index is -0.157. The monoisotopic (exact) mass is 296 g/mol. The lowest BCUT2D eigenvalue weighted by atomic mass is 11.0. The van der Waals surface area contributed by atoms with Crippen LogP contribution in [0.4, 0.5) is 0 Å². The van der Waals surface area contributed by atoms with Crippen molar-refractivity contribution in [2.45, 2.75) is 2.14 Å². The minimum absolute atomic E-state index is 0.157. The molecule has 0 saturated heterocycles. The third-order valence-electron chi connectivity index (χ3n) is 0.179. The van der Waals surface area contributed by atoms with Crippen LogP contribution in [-0.4, -0.2) is 7.90 Å². The van der Waals surface area contributed by atoms with Crippen LogP contribution in [0.1, 0.15) is 0 Å². The zero-order valence-corrected chi connectivity index (χ0v) is 8.44. The molecule has 0 rings (SSSR count). The lowest BCUT2D eigenvalue weighted by Crippen LogP contribution is -1.98. The van der Waals surface area contributed by atoms with Crippen molar-refractivity contribution in [2.75, 3.05) is 5.75 Å². The molecule has 0 heterocycles. The summed E-state index contributed by atoms with van der Waals surface area (Å²) in [6.45, 7) is 0. The van der Waals surface area contributed by atoms with Crippen LogP contribution in [0.25, 0.3) is 0 Å². The number of alkyl halides is 3. The van der Waals surface area contributed by atoms with E-state index in [9.17, 15) is 0 Å². The van der Waals surface area contributed by atoms with Gasteiger partial charge < -0.3 is 0 Å². The molecule has 6 heavy (non-hydrogen) atoms. The number of halogens is 3. The highest BCUT2D eigenvalue weighted by molar-refractivity contribution is 9.39. The van der Waals surface area contributed by atoms with Crippen molar-refractivity contribution in [1.82, 2.24) is 0 Å². The second-order valence-electron chi connectivity index (χ2n) is 0.773. The van der Waals surface area contributed by atoms with E-state index in [1.54, 1.807) is 0 Å². The summed E-state index contributed by atoms with van der Waals surface area (Å²) in [5, 5.41) is 0. The third kappa shape index (κ3) is 5.79. The molecule has 0 aliphatic rings. The van der Waals surface area contributed by atoms with E-state index in [2.05, 4.69) is 60.4 Å². The number of rotatable bonds is 0. The first kappa shape index (κ1) is 7.79. The molecule has 0 bridgehead atoms. The Labute approximate surface area is 67.9 Å². The van der Waals surface area contributed by atoms with Gasteiger partial charge in [-0.15, -0.1) is 0 Å².